The van der Waals surface area contributed by atoms with Crippen molar-refractivity contribution in [1.29, 1.82) is 0 Å². The molecule has 0 atom stereocenters. The standard InChI is InChI=1S/C13H20O5S/c1-3-17-8-9-18-7-6-12-10-13(19(14,15)16)5-4-11(12)2/h4-5,10H,3,6-9H2,1-2H3,(H,14,15,16). The summed E-state index contributed by atoms with van der Waals surface area (Å²) in [4.78, 5) is -0.0811. The highest BCUT2D eigenvalue weighted by molar-refractivity contribution is 7.85. The van der Waals surface area contributed by atoms with Gasteiger partial charge in [0, 0.05) is 6.61 Å². The van der Waals surface area contributed by atoms with Gasteiger partial charge in [-0.05, 0) is 43.5 Å². The molecule has 108 valence electrons. The van der Waals surface area contributed by atoms with Gasteiger partial charge in [0.05, 0.1) is 24.7 Å². The minimum Gasteiger partial charge on any atom is -0.379 e. The Labute approximate surface area is 114 Å². The molecule has 0 aromatic heterocycles. The lowest BCUT2D eigenvalue weighted by Crippen LogP contribution is -2.07. The molecule has 0 radical (unpaired) electrons. The molecular weight excluding hydrogens is 268 g/mol. The van der Waals surface area contributed by atoms with E-state index in [1.54, 1.807) is 6.07 Å². The molecule has 0 aliphatic rings. The van der Waals surface area contributed by atoms with Crippen LogP contribution in [0.2, 0.25) is 0 Å². The van der Waals surface area contributed by atoms with Gasteiger partial charge in [0.15, 0.2) is 0 Å². The molecule has 5 nitrogen and oxygen atoms in total. The second-order valence-corrected chi connectivity index (χ2v) is 5.54. The molecule has 0 heterocycles. The lowest BCUT2D eigenvalue weighted by atomic mass is 10.1. The Morgan fingerprint density at radius 2 is 1.84 bits per heavy atom. The summed E-state index contributed by atoms with van der Waals surface area (Å²) in [5, 5.41) is 0. The highest BCUT2D eigenvalue weighted by Gasteiger charge is 2.11. The van der Waals surface area contributed by atoms with E-state index in [1.807, 2.05) is 13.8 Å². The van der Waals surface area contributed by atoms with E-state index in [2.05, 4.69) is 0 Å². The third-order valence-corrected chi connectivity index (χ3v) is 3.56. The first-order valence-electron chi connectivity index (χ1n) is 6.17. The van der Waals surface area contributed by atoms with E-state index in [1.165, 1.54) is 12.1 Å². The monoisotopic (exact) mass is 288 g/mol. The second-order valence-electron chi connectivity index (χ2n) is 4.12. The van der Waals surface area contributed by atoms with Crippen LogP contribution in [0.4, 0.5) is 0 Å². The zero-order valence-electron chi connectivity index (χ0n) is 11.3. The van der Waals surface area contributed by atoms with Crippen molar-refractivity contribution >= 4 is 10.1 Å². The first kappa shape index (κ1) is 16.1. The van der Waals surface area contributed by atoms with Crippen molar-refractivity contribution in [2.45, 2.75) is 25.2 Å². The van der Waals surface area contributed by atoms with Crippen LogP contribution in [0.3, 0.4) is 0 Å². The van der Waals surface area contributed by atoms with Gasteiger partial charge in [-0.2, -0.15) is 8.42 Å². The lowest BCUT2D eigenvalue weighted by Gasteiger charge is -2.08. The number of benzene rings is 1. The van der Waals surface area contributed by atoms with Crippen LogP contribution in [0.5, 0.6) is 0 Å². The third kappa shape index (κ3) is 5.69. The van der Waals surface area contributed by atoms with Crippen LogP contribution < -0.4 is 0 Å². The zero-order valence-corrected chi connectivity index (χ0v) is 12.1. The molecule has 6 heteroatoms. The van der Waals surface area contributed by atoms with Crippen LogP contribution in [-0.2, 0) is 26.0 Å². The minimum atomic E-state index is -4.15. The molecule has 0 unspecified atom stereocenters. The van der Waals surface area contributed by atoms with Crippen molar-refractivity contribution in [2.24, 2.45) is 0 Å². The Bertz CT molecular complexity index is 496. The van der Waals surface area contributed by atoms with Crippen LogP contribution in [0.1, 0.15) is 18.1 Å². The summed E-state index contributed by atoms with van der Waals surface area (Å²) < 4.78 is 41.6. The number of aryl methyl sites for hydroxylation is 1. The first-order chi connectivity index (χ1) is 8.95. The van der Waals surface area contributed by atoms with E-state index in [0.717, 1.165) is 11.1 Å². The molecule has 0 amide bonds. The summed E-state index contributed by atoms with van der Waals surface area (Å²) >= 11 is 0. The maximum Gasteiger partial charge on any atom is 0.294 e. The largest absolute Gasteiger partial charge is 0.379 e. The van der Waals surface area contributed by atoms with Gasteiger partial charge in [-0.3, -0.25) is 4.55 Å². The van der Waals surface area contributed by atoms with Crippen LogP contribution in [0, 0.1) is 6.92 Å². The maximum atomic E-state index is 11.1. The van der Waals surface area contributed by atoms with Crippen molar-refractivity contribution in [3.05, 3.63) is 29.3 Å². The summed E-state index contributed by atoms with van der Waals surface area (Å²) in [7, 11) is -4.15. The van der Waals surface area contributed by atoms with Gasteiger partial charge in [0.1, 0.15) is 0 Å². The summed E-state index contributed by atoms with van der Waals surface area (Å²) in [5.41, 5.74) is 1.83. The molecule has 0 saturated heterocycles. The van der Waals surface area contributed by atoms with Crippen molar-refractivity contribution in [3.8, 4) is 0 Å². The molecule has 1 rings (SSSR count). The van der Waals surface area contributed by atoms with E-state index in [4.69, 9.17) is 14.0 Å². The average Bonchev–Trinajstić information content (AvgIpc) is 2.34. The first-order valence-corrected chi connectivity index (χ1v) is 7.61. The van der Waals surface area contributed by atoms with Crippen LogP contribution >= 0.6 is 0 Å². The van der Waals surface area contributed by atoms with Gasteiger partial charge in [-0.25, -0.2) is 0 Å². The number of ether oxygens (including phenoxy) is 2. The second kappa shape index (κ2) is 7.59. The SMILES string of the molecule is CCOCCOCCc1cc(S(=O)(=O)O)ccc1C. The van der Waals surface area contributed by atoms with E-state index < -0.39 is 10.1 Å². The fourth-order valence-corrected chi connectivity index (χ4v) is 2.16. The van der Waals surface area contributed by atoms with Gasteiger partial charge in [-0.15, -0.1) is 0 Å². The highest BCUT2D eigenvalue weighted by atomic mass is 32.2. The maximum absolute atomic E-state index is 11.1. The molecular formula is C13H20O5S. The predicted molar refractivity (Wildman–Crippen MR) is 72.0 cm³/mol. The molecule has 0 bridgehead atoms. The van der Waals surface area contributed by atoms with Crippen molar-refractivity contribution < 1.29 is 22.4 Å². The highest BCUT2D eigenvalue weighted by Crippen LogP contribution is 2.16. The lowest BCUT2D eigenvalue weighted by molar-refractivity contribution is 0.0540. The molecule has 1 aromatic carbocycles. The molecule has 0 aliphatic heterocycles. The Kier molecular flexibility index (Phi) is 6.44. The molecule has 19 heavy (non-hydrogen) atoms. The molecule has 0 aliphatic carbocycles. The third-order valence-electron chi connectivity index (χ3n) is 2.71. The van der Waals surface area contributed by atoms with Gasteiger partial charge < -0.3 is 9.47 Å². The Morgan fingerprint density at radius 1 is 1.16 bits per heavy atom. The summed E-state index contributed by atoms with van der Waals surface area (Å²) in [5.74, 6) is 0. The van der Waals surface area contributed by atoms with Gasteiger partial charge in [0.25, 0.3) is 10.1 Å². The Morgan fingerprint density at radius 3 is 2.47 bits per heavy atom. The van der Waals surface area contributed by atoms with E-state index in [0.29, 0.717) is 32.8 Å². The summed E-state index contributed by atoms with van der Waals surface area (Å²) in [6.07, 6.45) is 0.599. The molecule has 1 N–H and O–H groups in total. The summed E-state index contributed by atoms with van der Waals surface area (Å²) in [6, 6.07) is 4.55. The molecule has 0 spiro atoms. The van der Waals surface area contributed by atoms with E-state index >= 15 is 0 Å². The van der Waals surface area contributed by atoms with Gasteiger partial charge >= 0.3 is 0 Å². The number of rotatable bonds is 8. The normalized spacial score (nSPS) is 11.7. The predicted octanol–water partition coefficient (Wildman–Crippen LogP) is 1.84. The van der Waals surface area contributed by atoms with Crippen LogP contribution in [0.25, 0.3) is 0 Å². The fourth-order valence-electron chi connectivity index (χ4n) is 1.62. The smallest absolute Gasteiger partial charge is 0.294 e. The number of hydrogen-bond acceptors (Lipinski definition) is 4. The van der Waals surface area contributed by atoms with Gasteiger partial charge in [-0.1, -0.05) is 6.07 Å². The number of hydrogen-bond donors (Lipinski definition) is 1. The topological polar surface area (TPSA) is 72.8 Å². The summed E-state index contributed by atoms with van der Waals surface area (Å²) in [6.45, 7) is 6.04. The molecule has 0 saturated carbocycles. The molecule has 1 aromatic rings. The average molecular weight is 288 g/mol. The van der Waals surface area contributed by atoms with Crippen LogP contribution in [0.15, 0.2) is 23.1 Å². The van der Waals surface area contributed by atoms with Gasteiger partial charge in [0.2, 0.25) is 0 Å². The van der Waals surface area contributed by atoms with Crippen molar-refractivity contribution in [3.63, 3.8) is 0 Å². The minimum absolute atomic E-state index is 0.0811. The van der Waals surface area contributed by atoms with Crippen LogP contribution in [-0.4, -0.2) is 39.4 Å². The van der Waals surface area contributed by atoms with E-state index in [-0.39, 0.29) is 4.90 Å². The van der Waals surface area contributed by atoms with Crippen molar-refractivity contribution in [2.75, 3.05) is 26.4 Å². The van der Waals surface area contributed by atoms with Crippen molar-refractivity contribution in [1.82, 2.24) is 0 Å². The quantitative estimate of drug-likeness (QED) is 0.583. The zero-order chi connectivity index (χ0) is 14.3. The fraction of sp³-hybridized carbons (Fsp3) is 0.538. The van der Waals surface area contributed by atoms with E-state index in [9.17, 15) is 8.42 Å². The Hall–Kier alpha value is -0.950. The molecule has 0 fully saturated rings. The Balaban J connectivity index is 2.53.